The van der Waals surface area contributed by atoms with Crippen LogP contribution in [0.1, 0.15) is 16.1 Å². The molecule has 1 aromatic heterocycles. The zero-order valence-electron chi connectivity index (χ0n) is 13.7. The summed E-state index contributed by atoms with van der Waals surface area (Å²) in [5, 5.41) is 13.7. The van der Waals surface area contributed by atoms with Crippen LogP contribution in [0.2, 0.25) is 0 Å². The Hall–Kier alpha value is -3.13. The van der Waals surface area contributed by atoms with Crippen LogP contribution in [-0.2, 0) is 15.6 Å². The van der Waals surface area contributed by atoms with Crippen molar-refractivity contribution in [2.24, 2.45) is 0 Å². The molecule has 132 valence electrons. The smallest absolute Gasteiger partial charge is 0.356 e. The Morgan fingerprint density at radius 2 is 1.85 bits per heavy atom. The predicted molar refractivity (Wildman–Crippen MR) is 93.4 cm³/mol. The molecule has 0 fully saturated rings. The van der Waals surface area contributed by atoms with E-state index in [0.29, 0.717) is 22.7 Å². The van der Waals surface area contributed by atoms with Gasteiger partial charge >= 0.3 is 5.97 Å². The molecule has 3 aromatic rings. The van der Waals surface area contributed by atoms with Crippen molar-refractivity contribution in [3.8, 4) is 22.7 Å². The number of hydrogen-bond donors (Lipinski definition) is 1. The van der Waals surface area contributed by atoms with E-state index in [2.05, 4.69) is 5.10 Å². The van der Waals surface area contributed by atoms with Gasteiger partial charge in [-0.1, -0.05) is 18.2 Å². The number of methoxy groups -OCH3 is 1. The summed E-state index contributed by atoms with van der Waals surface area (Å²) in [6.07, 6.45) is 0. The van der Waals surface area contributed by atoms with E-state index >= 15 is 0 Å². The minimum absolute atomic E-state index is 0.180. The minimum atomic E-state index is -3.63. The number of carboxylic acid groups (broad SMARTS) is 1. The molecule has 1 aliphatic rings. The van der Waals surface area contributed by atoms with Gasteiger partial charge in [-0.2, -0.15) is 5.10 Å². The summed E-state index contributed by atoms with van der Waals surface area (Å²) in [6, 6.07) is 13.5. The van der Waals surface area contributed by atoms with E-state index < -0.39 is 21.6 Å². The number of nitrogens with zero attached hydrogens (tertiary/aromatic N) is 2. The van der Waals surface area contributed by atoms with Crippen molar-refractivity contribution in [1.82, 2.24) is 9.78 Å². The molecule has 1 aliphatic heterocycles. The molecule has 0 saturated carbocycles. The Morgan fingerprint density at radius 3 is 2.50 bits per heavy atom. The second-order valence-corrected chi connectivity index (χ2v) is 7.80. The summed E-state index contributed by atoms with van der Waals surface area (Å²) in [5.41, 5.74) is 1.49. The molecule has 1 N–H and O–H groups in total. The number of aromatic carboxylic acids is 1. The van der Waals surface area contributed by atoms with Crippen LogP contribution in [-0.4, -0.2) is 36.4 Å². The third-order valence-corrected chi connectivity index (χ3v) is 6.01. The molecule has 0 bridgehead atoms. The molecular weight excluding hydrogens is 356 g/mol. The van der Waals surface area contributed by atoms with Gasteiger partial charge in [-0.3, -0.25) is 0 Å². The van der Waals surface area contributed by atoms with Crippen molar-refractivity contribution in [2.75, 3.05) is 7.11 Å². The van der Waals surface area contributed by atoms with Crippen LogP contribution in [0.25, 0.3) is 16.9 Å². The fourth-order valence-electron chi connectivity index (χ4n) is 3.15. The molecule has 0 aliphatic carbocycles. The van der Waals surface area contributed by atoms with Crippen LogP contribution >= 0.6 is 0 Å². The van der Waals surface area contributed by atoms with Gasteiger partial charge in [0.25, 0.3) is 0 Å². The lowest BCUT2D eigenvalue weighted by Gasteiger charge is -2.18. The Labute approximate surface area is 149 Å². The second kappa shape index (κ2) is 5.70. The standard InChI is InChI=1S/C18H14N2O5S/c1-25-12-8-6-11(7-9-12)20-17-13-4-2-3-5-15(13)26(23,24)10-14(17)16(19-20)18(21)22/h2-9H,10H2,1H3,(H,21,22). The molecule has 2 aromatic carbocycles. The Morgan fingerprint density at radius 1 is 1.15 bits per heavy atom. The molecule has 0 spiro atoms. The maximum absolute atomic E-state index is 12.6. The monoisotopic (exact) mass is 370 g/mol. The van der Waals surface area contributed by atoms with Crippen molar-refractivity contribution < 1.29 is 23.1 Å². The molecule has 8 heteroatoms. The number of ether oxygens (including phenoxy) is 1. The van der Waals surface area contributed by atoms with Crippen molar-refractivity contribution in [3.63, 3.8) is 0 Å². The average molecular weight is 370 g/mol. The lowest BCUT2D eigenvalue weighted by Crippen LogP contribution is -2.15. The Bertz CT molecular complexity index is 1130. The fraction of sp³-hybridized carbons (Fsp3) is 0.111. The van der Waals surface area contributed by atoms with Gasteiger partial charge in [0.1, 0.15) is 5.75 Å². The molecule has 0 amide bonds. The zero-order valence-corrected chi connectivity index (χ0v) is 14.5. The summed E-state index contributed by atoms with van der Waals surface area (Å²) in [6.45, 7) is 0. The predicted octanol–water partition coefficient (Wildman–Crippen LogP) is 2.53. The maximum atomic E-state index is 12.6. The minimum Gasteiger partial charge on any atom is -0.497 e. The largest absolute Gasteiger partial charge is 0.497 e. The van der Waals surface area contributed by atoms with E-state index in [9.17, 15) is 18.3 Å². The highest BCUT2D eigenvalue weighted by molar-refractivity contribution is 7.90. The van der Waals surface area contributed by atoms with E-state index in [1.807, 2.05) is 0 Å². The topological polar surface area (TPSA) is 98.5 Å². The quantitative estimate of drug-likeness (QED) is 0.761. The lowest BCUT2D eigenvalue weighted by atomic mass is 10.1. The van der Waals surface area contributed by atoms with Gasteiger partial charge in [-0.05, 0) is 30.3 Å². The van der Waals surface area contributed by atoms with E-state index in [1.54, 1.807) is 49.6 Å². The van der Waals surface area contributed by atoms with Crippen LogP contribution in [0.15, 0.2) is 53.4 Å². The second-order valence-electron chi connectivity index (χ2n) is 5.85. The normalized spacial score (nSPS) is 14.3. The summed E-state index contributed by atoms with van der Waals surface area (Å²) in [7, 11) is -2.08. The molecule has 0 atom stereocenters. The van der Waals surface area contributed by atoms with Crippen molar-refractivity contribution in [1.29, 1.82) is 0 Å². The van der Waals surface area contributed by atoms with Gasteiger partial charge in [-0.25, -0.2) is 17.9 Å². The van der Waals surface area contributed by atoms with E-state index in [1.165, 1.54) is 10.7 Å². The molecule has 0 saturated heterocycles. The molecule has 4 rings (SSSR count). The summed E-state index contributed by atoms with van der Waals surface area (Å²) < 4.78 is 31.8. The molecule has 0 unspecified atom stereocenters. The summed E-state index contributed by atoms with van der Waals surface area (Å²) in [5.74, 6) is -1.00. The highest BCUT2D eigenvalue weighted by atomic mass is 32.2. The first-order valence-corrected chi connectivity index (χ1v) is 9.39. The first-order valence-electron chi connectivity index (χ1n) is 7.74. The van der Waals surface area contributed by atoms with E-state index in [4.69, 9.17) is 4.74 Å². The summed E-state index contributed by atoms with van der Waals surface area (Å²) >= 11 is 0. The number of fused-ring (bicyclic) bond motifs is 3. The SMILES string of the molecule is COc1ccc(-n2nc(C(=O)O)c3c2-c2ccccc2S(=O)(=O)C3)cc1. The van der Waals surface area contributed by atoms with Gasteiger partial charge in [0.2, 0.25) is 0 Å². The van der Waals surface area contributed by atoms with Crippen LogP contribution in [0.3, 0.4) is 0 Å². The number of carbonyl (C=O) groups is 1. The molecule has 0 radical (unpaired) electrons. The number of aromatic nitrogens is 2. The van der Waals surface area contributed by atoms with Gasteiger partial charge < -0.3 is 9.84 Å². The van der Waals surface area contributed by atoms with Gasteiger partial charge in [0, 0.05) is 11.1 Å². The molecule has 7 nitrogen and oxygen atoms in total. The van der Waals surface area contributed by atoms with Crippen molar-refractivity contribution >= 4 is 15.8 Å². The highest BCUT2D eigenvalue weighted by Crippen LogP contribution is 2.40. The zero-order chi connectivity index (χ0) is 18.5. The number of hydrogen-bond acceptors (Lipinski definition) is 5. The van der Waals surface area contributed by atoms with Gasteiger partial charge in [-0.15, -0.1) is 0 Å². The van der Waals surface area contributed by atoms with Crippen LogP contribution in [0, 0.1) is 0 Å². The number of rotatable bonds is 3. The summed E-state index contributed by atoms with van der Waals surface area (Å²) in [4.78, 5) is 11.8. The fourth-order valence-corrected chi connectivity index (χ4v) is 4.74. The van der Waals surface area contributed by atoms with E-state index in [-0.39, 0.29) is 16.2 Å². The van der Waals surface area contributed by atoms with Crippen LogP contribution in [0.4, 0.5) is 0 Å². The van der Waals surface area contributed by atoms with Crippen molar-refractivity contribution in [2.45, 2.75) is 10.6 Å². The van der Waals surface area contributed by atoms with E-state index in [0.717, 1.165) is 0 Å². The Kier molecular flexibility index (Phi) is 3.58. The van der Waals surface area contributed by atoms with Crippen LogP contribution < -0.4 is 4.74 Å². The van der Waals surface area contributed by atoms with Crippen molar-refractivity contribution in [3.05, 3.63) is 59.8 Å². The molecular formula is C18H14N2O5S. The Balaban J connectivity index is 2.04. The van der Waals surface area contributed by atoms with Gasteiger partial charge in [0.15, 0.2) is 15.5 Å². The first-order chi connectivity index (χ1) is 12.4. The van der Waals surface area contributed by atoms with Gasteiger partial charge in [0.05, 0.1) is 29.1 Å². The third-order valence-electron chi connectivity index (χ3n) is 4.31. The number of benzene rings is 2. The average Bonchev–Trinajstić information content (AvgIpc) is 3.01. The van der Waals surface area contributed by atoms with Crippen LogP contribution in [0.5, 0.6) is 5.75 Å². The lowest BCUT2D eigenvalue weighted by molar-refractivity contribution is 0.0689. The highest BCUT2D eigenvalue weighted by Gasteiger charge is 2.35. The first kappa shape index (κ1) is 16.3. The molecule has 2 heterocycles. The number of carboxylic acids is 1. The molecule has 26 heavy (non-hydrogen) atoms. The maximum Gasteiger partial charge on any atom is 0.356 e. The number of sulfone groups is 1. The third kappa shape index (κ3) is 2.38.